The number of hydrogen-bond acceptors (Lipinski definition) is 3. The van der Waals surface area contributed by atoms with E-state index in [1.54, 1.807) is 12.1 Å². The Morgan fingerprint density at radius 1 is 1.25 bits per heavy atom. The monoisotopic (exact) mass is 237 g/mol. The Kier molecular flexibility index (Phi) is 5.30. The average molecular weight is 237 g/mol. The zero-order chi connectivity index (χ0) is 12.0. The van der Waals surface area contributed by atoms with Gasteiger partial charge >= 0.3 is 0 Å². The van der Waals surface area contributed by atoms with Crippen molar-refractivity contribution in [2.24, 2.45) is 0 Å². The summed E-state index contributed by atoms with van der Waals surface area (Å²) in [5, 5.41) is 2.99. The van der Waals surface area contributed by atoms with Crippen LogP contribution >= 0.6 is 9.24 Å². The van der Waals surface area contributed by atoms with E-state index < -0.39 is 0 Å². The zero-order valence-corrected chi connectivity index (χ0v) is 10.5. The van der Waals surface area contributed by atoms with Crippen LogP contribution in [0.4, 0.5) is 0 Å². The molecule has 3 nitrogen and oxygen atoms in total. The Hall–Kier alpha value is -1.05. The Morgan fingerprint density at radius 3 is 2.38 bits per heavy atom. The average Bonchev–Trinajstić information content (AvgIpc) is 2.27. The number of likely N-dealkylation sites (N-methyl/N-ethyl adjacent to an activating group) is 1. The molecule has 0 aliphatic heterocycles. The van der Waals surface area contributed by atoms with E-state index in [0.717, 1.165) is 12.1 Å². The minimum absolute atomic E-state index is 0.0365. The van der Waals surface area contributed by atoms with Crippen molar-refractivity contribution in [2.45, 2.75) is 13.3 Å². The molecule has 16 heavy (non-hydrogen) atoms. The Balaban J connectivity index is 2.55. The fourth-order valence-corrected chi connectivity index (χ4v) is 1.53. The standard InChI is InChI=1S/C12H16NO2P/c1-2-13-8-11(14)7-9-3-5-10(6-4-9)12(15)16/h3-6,13H,2,7-8,16H2,1H3. The van der Waals surface area contributed by atoms with Gasteiger partial charge in [-0.3, -0.25) is 9.59 Å². The van der Waals surface area contributed by atoms with Crippen molar-refractivity contribution in [3.63, 3.8) is 0 Å². The van der Waals surface area contributed by atoms with Crippen molar-refractivity contribution in [3.05, 3.63) is 35.4 Å². The molecule has 0 heterocycles. The van der Waals surface area contributed by atoms with Crippen molar-refractivity contribution < 1.29 is 9.59 Å². The summed E-state index contributed by atoms with van der Waals surface area (Å²) in [5.41, 5.74) is 1.55. The molecule has 0 bridgehead atoms. The molecule has 1 atom stereocenters. The molecule has 0 amide bonds. The van der Waals surface area contributed by atoms with Gasteiger partial charge in [0.15, 0.2) is 11.3 Å². The first-order valence-electron chi connectivity index (χ1n) is 5.24. The second-order valence-electron chi connectivity index (χ2n) is 3.56. The number of carbonyl (C=O) groups excluding carboxylic acids is 2. The van der Waals surface area contributed by atoms with Gasteiger partial charge in [-0.05, 0) is 12.1 Å². The number of benzene rings is 1. The van der Waals surface area contributed by atoms with Gasteiger partial charge in [0.05, 0.1) is 6.54 Å². The van der Waals surface area contributed by atoms with Gasteiger partial charge in [-0.25, -0.2) is 0 Å². The lowest BCUT2D eigenvalue weighted by molar-refractivity contribution is -0.117. The second-order valence-corrected chi connectivity index (χ2v) is 4.08. The van der Waals surface area contributed by atoms with Crippen LogP contribution in [0.15, 0.2) is 24.3 Å². The molecule has 0 saturated carbocycles. The second kappa shape index (κ2) is 6.51. The maximum absolute atomic E-state index is 11.5. The highest BCUT2D eigenvalue weighted by Crippen LogP contribution is 2.08. The van der Waals surface area contributed by atoms with E-state index in [2.05, 4.69) is 14.6 Å². The molecule has 0 aliphatic carbocycles. The molecule has 0 aromatic heterocycles. The van der Waals surface area contributed by atoms with E-state index in [1.807, 2.05) is 19.1 Å². The minimum atomic E-state index is -0.0365. The van der Waals surface area contributed by atoms with E-state index in [0.29, 0.717) is 18.5 Å². The summed E-state index contributed by atoms with van der Waals surface area (Å²) >= 11 is 0. The summed E-state index contributed by atoms with van der Waals surface area (Å²) in [4.78, 5) is 22.5. The number of nitrogens with one attached hydrogen (secondary N) is 1. The largest absolute Gasteiger partial charge is 0.310 e. The van der Waals surface area contributed by atoms with Gasteiger partial charge in [-0.15, -0.1) is 0 Å². The summed E-state index contributed by atoms with van der Waals surface area (Å²) in [6.45, 7) is 3.17. The van der Waals surface area contributed by atoms with Crippen molar-refractivity contribution in [2.75, 3.05) is 13.1 Å². The van der Waals surface area contributed by atoms with E-state index in [-0.39, 0.29) is 11.3 Å². The number of rotatable bonds is 6. The van der Waals surface area contributed by atoms with Crippen molar-refractivity contribution in [3.8, 4) is 0 Å². The normalized spacial score (nSPS) is 10.1. The fourth-order valence-electron chi connectivity index (χ4n) is 1.34. The molecule has 0 fully saturated rings. The molecular weight excluding hydrogens is 221 g/mol. The quantitative estimate of drug-likeness (QED) is 0.761. The molecule has 1 aromatic carbocycles. The van der Waals surface area contributed by atoms with Gasteiger partial charge in [-0.1, -0.05) is 40.4 Å². The van der Waals surface area contributed by atoms with E-state index >= 15 is 0 Å². The van der Waals surface area contributed by atoms with Crippen molar-refractivity contribution >= 4 is 20.5 Å². The van der Waals surface area contributed by atoms with Crippen LogP contribution in [-0.4, -0.2) is 24.4 Å². The smallest absolute Gasteiger partial charge is 0.178 e. The Labute approximate surface area is 97.8 Å². The molecule has 1 rings (SSSR count). The van der Waals surface area contributed by atoms with Gasteiger partial charge < -0.3 is 5.32 Å². The predicted octanol–water partition coefficient (Wildman–Crippen LogP) is 1.42. The summed E-state index contributed by atoms with van der Waals surface area (Å²) in [6.07, 6.45) is 0.415. The number of carbonyl (C=O) groups is 2. The number of ketones is 1. The third-order valence-corrected chi connectivity index (χ3v) is 2.55. The number of hydrogen-bond donors (Lipinski definition) is 1. The van der Waals surface area contributed by atoms with Crippen molar-refractivity contribution in [1.29, 1.82) is 0 Å². The first-order valence-corrected chi connectivity index (χ1v) is 5.82. The third-order valence-electron chi connectivity index (χ3n) is 2.21. The molecule has 4 heteroatoms. The van der Waals surface area contributed by atoms with E-state index in [9.17, 15) is 9.59 Å². The van der Waals surface area contributed by atoms with Crippen LogP contribution in [0.25, 0.3) is 0 Å². The summed E-state index contributed by atoms with van der Waals surface area (Å²) in [5.74, 6) is 0.159. The highest BCUT2D eigenvalue weighted by atomic mass is 31.0. The molecule has 0 saturated heterocycles. The third kappa shape index (κ3) is 4.21. The molecule has 1 unspecified atom stereocenters. The molecule has 0 aliphatic rings. The molecule has 0 spiro atoms. The molecule has 0 radical (unpaired) electrons. The molecular formula is C12H16NO2P. The lowest BCUT2D eigenvalue weighted by Crippen LogP contribution is -2.23. The summed E-state index contributed by atoms with van der Waals surface area (Å²) < 4.78 is 0. The molecule has 86 valence electrons. The van der Waals surface area contributed by atoms with Crippen LogP contribution in [0.1, 0.15) is 22.8 Å². The van der Waals surface area contributed by atoms with Gasteiger partial charge in [0.1, 0.15) is 0 Å². The van der Waals surface area contributed by atoms with Gasteiger partial charge in [0, 0.05) is 12.0 Å². The molecule has 1 aromatic rings. The minimum Gasteiger partial charge on any atom is -0.310 e. The van der Waals surface area contributed by atoms with Gasteiger partial charge in [0.2, 0.25) is 0 Å². The number of Topliss-reactive ketones (excluding diaryl/α,β-unsaturated/α-hetero) is 1. The van der Waals surface area contributed by atoms with Crippen LogP contribution in [0.5, 0.6) is 0 Å². The van der Waals surface area contributed by atoms with Gasteiger partial charge in [-0.2, -0.15) is 0 Å². The maximum atomic E-state index is 11.5. The topological polar surface area (TPSA) is 46.2 Å². The highest BCUT2D eigenvalue weighted by Gasteiger charge is 2.04. The summed E-state index contributed by atoms with van der Waals surface area (Å²) in [7, 11) is 2.13. The SMILES string of the molecule is CCNCC(=O)Cc1ccc(C(=O)P)cc1. The zero-order valence-electron chi connectivity index (χ0n) is 9.32. The van der Waals surface area contributed by atoms with Crippen LogP contribution in [0.3, 0.4) is 0 Å². The van der Waals surface area contributed by atoms with Crippen molar-refractivity contribution in [1.82, 2.24) is 5.32 Å². The lowest BCUT2D eigenvalue weighted by atomic mass is 10.1. The Morgan fingerprint density at radius 2 is 1.88 bits per heavy atom. The summed E-state index contributed by atoms with van der Waals surface area (Å²) in [6, 6.07) is 7.12. The first kappa shape index (κ1) is 13.0. The first-order chi connectivity index (χ1) is 7.63. The fraction of sp³-hybridized carbons (Fsp3) is 0.333. The van der Waals surface area contributed by atoms with Crippen LogP contribution in [-0.2, 0) is 11.2 Å². The Bertz CT molecular complexity index is 373. The van der Waals surface area contributed by atoms with Crippen LogP contribution < -0.4 is 5.32 Å². The van der Waals surface area contributed by atoms with E-state index in [1.165, 1.54) is 0 Å². The van der Waals surface area contributed by atoms with Crippen LogP contribution in [0.2, 0.25) is 0 Å². The van der Waals surface area contributed by atoms with Gasteiger partial charge in [0.25, 0.3) is 0 Å². The van der Waals surface area contributed by atoms with Crippen LogP contribution in [0, 0.1) is 0 Å². The highest BCUT2D eigenvalue weighted by molar-refractivity contribution is 7.41. The lowest BCUT2D eigenvalue weighted by Gasteiger charge is -2.02. The molecule has 1 N–H and O–H groups in total. The predicted molar refractivity (Wildman–Crippen MR) is 67.7 cm³/mol. The van der Waals surface area contributed by atoms with E-state index in [4.69, 9.17) is 0 Å². The maximum Gasteiger partial charge on any atom is 0.178 e.